The molecule has 0 bridgehead atoms. The van der Waals surface area contributed by atoms with E-state index in [0.717, 1.165) is 24.2 Å². The molecule has 1 aromatic carbocycles. The van der Waals surface area contributed by atoms with Gasteiger partial charge in [-0.3, -0.25) is 4.79 Å². The van der Waals surface area contributed by atoms with Gasteiger partial charge in [0.2, 0.25) is 0 Å². The van der Waals surface area contributed by atoms with Crippen LogP contribution >= 0.6 is 0 Å². The van der Waals surface area contributed by atoms with E-state index in [1.54, 1.807) is 0 Å². The van der Waals surface area contributed by atoms with Crippen molar-refractivity contribution < 1.29 is 14.3 Å². The van der Waals surface area contributed by atoms with Crippen LogP contribution in [-0.2, 0) is 9.53 Å². The Morgan fingerprint density at radius 1 is 1.35 bits per heavy atom. The Labute approximate surface area is 119 Å². The normalized spacial score (nSPS) is 26.6. The monoisotopic (exact) mass is 272 g/mol. The first-order valence-corrected chi connectivity index (χ1v) is 7.11. The fraction of sp³-hybridized carbons (Fsp3) is 0.471. The van der Waals surface area contributed by atoms with Gasteiger partial charge in [0.15, 0.2) is 0 Å². The van der Waals surface area contributed by atoms with Crippen molar-refractivity contribution >= 4 is 5.97 Å². The summed E-state index contributed by atoms with van der Waals surface area (Å²) in [5.41, 5.74) is 1.94. The van der Waals surface area contributed by atoms with Gasteiger partial charge in [-0.1, -0.05) is 24.3 Å². The number of methoxy groups -OCH3 is 1. The predicted octanol–water partition coefficient (Wildman–Crippen LogP) is 3.45. The van der Waals surface area contributed by atoms with E-state index in [9.17, 15) is 4.79 Å². The van der Waals surface area contributed by atoms with Crippen molar-refractivity contribution in [3.63, 3.8) is 0 Å². The maximum Gasteiger partial charge on any atom is 0.309 e. The number of para-hydroxylation sites is 1. The third kappa shape index (κ3) is 1.92. The van der Waals surface area contributed by atoms with E-state index in [2.05, 4.69) is 26.0 Å². The highest BCUT2D eigenvalue weighted by atomic mass is 16.5. The summed E-state index contributed by atoms with van der Waals surface area (Å²) in [6, 6.07) is 8.02. The number of ether oxygens (including phenoxy) is 2. The molecular formula is C17H20O3. The zero-order valence-corrected chi connectivity index (χ0v) is 12.2. The molecule has 1 heterocycles. The highest BCUT2D eigenvalue weighted by molar-refractivity contribution is 5.75. The molecule has 0 aromatic heterocycles. The maximum atomic E-state index is 12.2. The fourth-order valence-electron chi connectivity index (χ4n) is 3.50. The van der Waals surface area contributed by atoms with Gasteiger partial charge >= 0.3 is 5.97 Å². The van der Waals surface area contributed by atoms with Crippen LogP contribution in [0.5, 0.6) is 5.75 Å². The number of benzene rings is 1. The molecule has 2 unspecified atom stereocenters. The largest absolute Gasteiger partial charge is 0.483 e. The van der Waals surface area contributed by atoms with E-state index in [0.29, 0.717) is 0 Å². The lowest BCUT2D eigenvalue weighted by Gasteiger charge is -2.44. The summed E-state index contributed by atoms with van der Waals surface area (Å²) in [6.45, 7) is 4.14. The summed E-state index contributed by atoms with van der Waals surface area (Å²) >= 11 is 0. The standard InChI is InChI=1S/C17H20O3/c1-17(2)13-9-6-8-12(16(18)19-3)15(13)11-7-4-5-10-14(11)20-17/h4-5,7,9-10,12,15H,6,8H2,1-3H3. The number of carbonyl (C=O) groups excluding carboxylic acids is 1. The number of esters is 1. The molecule has 1 aliphatic heterocycles. The van der Waals surface area contributed by atoms with E-state index >= 15 is 0 Å². The first-order chi connectivity index (χ1) is 9.54. The summed E-state index contributed by atoms with van der Waals surface area (Å²) in [5.74, 6) is 0.740. The summed E-state index contributed by atoms with van der Waals surface area (Å²) in [4.78, 5) is 12.2. The topological polar surface area (TPSA) is 35.5 Å². The highest BCUT2D eigenvalue weighted by Crippen LogP contribution is 2.51. The van der Waals surface area contributed by atoms with Crippen molar-refractivity contribution in [1.29, 1.82) is 0 Å². The first kappa shape index (κ1) is 13.2. The average Bonchev–Trinajstić information content (AvgIpc) is 2.45. The van der Waals surface area contributed by atoms with Gasteiger partial charge in [-0.05, 0) is 38.3 Å². The van der Waals surface area contributed by atoms with E-state index in [4.69, 9.17) is 9.47 Å². The van der Waals surface area contributed by atoms with Gasteiger partial charge < -0.3 is 9.47 Å². The SMILES string of the molecule is COC(=O)C1CCC=C2C1c1ccccc1OC2(C)C. The Bertz CT molecular complexity index is 571. The minimum atomic E-state index is -0.369. The predicted molar refractivity (Wildman–Crippen MR) is 76.7 cm³/mol. The van der Waals surface area contributed by atoms with Crippen LogP contribution in [0.25, 0.3) is 0 Å². The van der Waals surface area contributed by atoms with Crippen LogP contribution in [0.15, 0.2) is 35.9 Å². The molecule has 20 heavy (non-hydrogen) atoms. The highest BCUT2D eigenvalue weighted by Gasteiger charge is 2.45. The first-order valence-electron chi connectivity index (χ1n) is 7.11. The molecule has 2 atom stereocenters. The Morgan fingerprint density at radius 2 is 2.10 bits per heavy atom. The molecular weight excluding hydrogens is 252 g/mol. The fourth-order valence-corrected chi connectivity index (χ4v) is 3.50. The molecule has 3 nitrogen and oxygen atoms in total. The number of fused-ring (bicyclic) bond motifs is 3. The van der Waals surface area contributed by atoms with Crippen LogP contribution in [0.1, 0.15) is 38.2 Å². The van der Waals surface area contributed by atoms with Crippen LogP contribution in [0.4, 0.5) is 0 Å². The minimum absolute atomic E-state index is 0.0798. The van der Waals surface area contributed by atoms with Gasteiger partial charge in [0, 0.05) is 11.5 Å². The van der Waals surface area contributed by atoms with Gasteiger partial charge in [-0.25, -0.2) is 0 Å². The molecule has 3 rings (SSSR count). The Morgan fingerprint density at radius 3 is 2.85 bits per heavy atom. The Hall–Kier alpha value is -1.77. The van der Waals surface area contributed by atoms with Crippen LogP contribution in [0, 0.1) is 5.92 Å². The van der Waals surface area contributed by atoms with Gasteiger partial charge in [0.1, 0.15) is 11.4 Å². The Balaban J connectivity index is 2.14. The van der Waals surface area contributed by atoms with Gasteiger partial charge in [0.25, 0.3) is 0 Å². The van der Waals surface area contributed by atoms with Gasteiger partial charge in [-0.15, -0.1) is 0 Å². The molecule has 0 fully saturated rings. The quantitative estimate of drug-likeness (QED) is 0.580. The van der Waals surface area contributed by atoms with Crippen molar-refractivity contribution in [2.75, 3.05) is 7.11 Å². The lowest BCUT2D eigenvalue weighted by atomic mass is 9.68. The van der Waals surface area contributed by atoms with E-state index in [1.165, 1.54) is 12.7 Å². The zero-order chi connectivity index (χ0) is 14.3. The third-order valence-electron chi connectivity index (χ3n) is 4.40. The van der Waals surface area contributed by atoms with Crippen molar-refractivity contribution in [2.45, 2.75) is 38.2 Å². The number of allylic oxidation sites excluding steroid dienone is 1. The number of carbonyl (C=O) groups is 1. The molecule has 2 aliphatic rings. The second-order valence-corrected chi connectivity index (χ2v) is 5.99. The molecule has 0 amide bonds. The lowest BCUT2D eigenvalue weighted by Crippen LogP contribution is -2.43. The second kappa shape index (κ2) is 4.65. The molecule has 0 N–H and O–H groups in total. The summed E-state index contributed by atoms with van der Waals surface area (Å²) < 4.78 is 11.1. The number of hydrogen-bond acceptors (Lipinski definition) is 3. The van der Waals surface area contributed by atoms with Crippen LogP contribution in [0.3, 0.4) is 0 Å². The molecule has 0 saturated carbocycles. The van der Waals surface area contributed by atoms with E-state index < -0.39 is 0 Å². The van der Waals surface area contributed by atoms with Crippen molar-refractivity contribution in [2.24, 2.45) is 5.92 Å². The second-order valence-electron chi connectivity index (χ2n) is 5.99. The van der Waals surface area contributed by atoms with Crippen LogP contribution in [0.2, 0.25) is 0 Å². The van der Waals surface area contributed by atoms with Crippen LogP contribution in [-0.4, -0.2) is 18.7 Å². The van der Waals surface area contributed by atoms with Crippen LogP contribution < -0.4 is 4.74 Å². The van der Waals surface area contributed by atoms with Crippen molar-refractivity contribution in [3.05, 3.63) is 41.5 Å². The third-order valence-corrected chi connectivity index (χ3v) is 4.40. The molecule has 0 radical (unpaired) electrons. The summed E-state index contributed by atoms with van der Waals surface area (Å²) in [6.07, 6.45) is 3.98. The average molecular weight is 272 g/mol. The zero-order valence-electron chi connectivity index (χ0n) is 12.2. The lowest BCUT2D eigenvalue weighted by molar-refractivity contribution is -0.146. The summed E-state index contributed by atoms with van der Waals surface area (Å²) in [7, 11) is 1.47. The van der Waals surface area contributed by atoms with Crippen molar-refractivity contribution in [3.8, 4) is 5.75 Å². The van der Waals surface area contributed by atoms with Gasteiger partial charge in [0.05, 0.1) is 13.0 Å². The minimum Gasteiger partial charge on any atom is -0.483 e. The molecule has 1 aromatic rings. The summed E-state index contributed by atoms with van der Waals surface area (Å²) in [5, 5.41) is 0. The van der Waals surface area contributed by atoms with Gasteiger partial charge in [-0.2, -0.15) is 0 Å². The molecule has 3 heteroatoms. The number of rotatable bonds is 1. The maximum absolute atomic E-state index is 12.2. The van der Waals surface area contributed by atoms with E-state index in [1.807, 2.05) is 18.2 Å². The molecule has 0 saturated heterocycles. The van der Waals surface area contributed by atoms with E-state index in [-0.39, 0.29) is 23.4 Å². The molecule has 106 valence electrons. The molecule has 1 aliphatic carbocycles. The smallest absolute Gasteiger partial charge is 0.309 e. The molecule has 0 spiro atoms. The number of hydrogen-bond donors (Lipinski definition) is 0. The Kier molecular flexibility index (Phi) is 3.08. The van der Waals surface area contributed by atoms with Crippen molar-refractivity contribution in [1.82, 2.24) is 0 Å².